The van der Waals surface area contributed by atoms with Gasteiger partial charge in [0.05, 0.1) is 19.0 Å². The zero-order valence-electron chi connectivity index (χ0n) is 15.4. The summed E-state index contributed by atoms with van der Waals surface area (Å²) in [6.07, 6.45) is 6.05. The molecule has 146 valence electrons. The van der Waals surface area contributed by atoms with Gasteiger partial charge in [0.1, 0.15) is 5.82 Å². The first-order valence-corrected chi connectivity index (χ1v) is 11.3. The number of halogens is 1. The molecule has 0 amide bonds. The fourth-order valence-corrected chi connectivity index (χ4v) is 5.04. The monoisotopic (exact) mass is 384 g/mol. The second kappa shape index (κ2) is 8.33. The molecule has 1 aliphatic carbocycles. The molecule has 1 aromatic carbocycles. The summed E-state index contributed by atoms with van der Waals surface area (Å²) in [6, 6.07) is 7.04. The van der Waals surface area contributed by atoms with E-state index in [0.29, 0.717) is 12.5 Å². The Balaban J connectivity index is 1.47. The third-order valence-electron chi connectivity index (χ3n) is 5.46. The molecule has 26 heavy (non-hydrogen) atoms. The maximum Gasteiger partial charge on any atom is 0.209 e. The summed E-state index contributed by atoms with van der Waals surface area (Å²) in [5, 5.41) is 3.41. The highest BCUT2D eigenvalue weighted by Gasteiger charge is 2.34. The SMILES string of the molecule is C[C@@H]1C[C@H](NS(C)(=O)=O)[C@H](CO[C@H]2CC[C@@H](c3cccc(F)c3)CC2)N1. The van der Waals surface area contributed by atoms with Crippen molar-refractivity contribution in [2.24, 2.45) is 0 Å². The average Bonchev–Trinajstić information content (AvgIpc) is 2.91. The van der Waals surface area contributed by atoms with Crippen molar-refractivity contribution in [3.63, 3.8) is 0 Å². The molecule has 2 aliphatic rings. The summed E-state index contributed by atoms with van der Waals surface area (Å²) in [5.74, 6) is 0.224. The Kier molecular flexibility index (Phi) is 6.33. The van der Waals surface area contributed by atoms with Crippen molar-refractivity contribution >= 4 is 10.0 Å². The lowest BCUT2D eigenvalue weighted by molar-refractivity contribution is 0.0122. The molecule has 0 unspecified atom stereocenters. The van der Waals surface area contributed by atoms with Gasteiger partial charge in [-0.1, -0.05) is 12.1 Å². The lowest BCUT2D eigenvalue weighted by Crippen LogP contribution is -2.46. The normalized spacial score (nSPS) is 32.7. The van der Waals surface area contributed by atoms with Crippen LogP contribution in [0.15, 0.2) is 24.3 Å². The van der Waals surface area contributed by atoms with Gasteiger partial charge in [0.15, 0.2) is 0 Å². The van der Waals surface area contributed by atoms with Crippen molar-refractivity contribution in [2.45, 2.75) is 69.2 Å². The van der Waals surface area contributed by atoms with Gasteiger partial charge in [0, 0.05) is 18.1 Å². The van der Waals surface area contributed by atoms with Gasteiger partial charge < -0.3 is 10.1 Å². The topological polar surface area (TPSA) is 67.4 Å². The number of ether oxygens (including phenoxy) is 1. The van der Waals surface area contributed by atoms with Crippen LogP contribution in [0.25, 0.3) is 0 Å². The highest BCUT2D eigenvalue weighted by atomic mass is 32.2. The van der Waals surface area contributed by atoms with Crippen LogP contribution >= 0.6 is 0 Å². The van der Waals surface area contributed by atoms with Gasteiger partial charge in [0.2, 0.25) is 10.0 Å². The van der Waals surface area contributed by atoms with Crippen molar-refractivity contribution in [3.8, 4) is 0 Å². The molecule has 1 aliphatic heterocycles. The van der Waals surface area contributed by atoms with Crippen molar-refractivity contribution in [1.82, 2.24) is 10.0 Å². The Labute approximate surface area is 155 Å². The third kappa shape index (κ3) is 5.49. The minimum Gasteiger partial charge on any atom is -0.377 e. The molecule has 0 bridgehead atoms. The van der Waals surface area contributed by atoms with Crippen LogP contribution in [0.1, 0.15) is 50.5 Å². The molecule has 1 saturated carbocycles. The van der Waals surface area contributed by atoms with Crippen molar-refractivity contribution < 1.29 is 17.5 Å². The van der Waals surface area contributed by atoms with E-state index in [4.69, 9.17) is 4.74 Å². The first kappa shape index (κ1) is 19.7. The van der Waals surface area contributed by atoms with E-state index in [9.17, 15) is 12.8 Å². The third-order valence-corrected chi connectivity index (χ3v) is 6.19. The number of hydrogen-bond donors (Lipinski definition) is 2. The van der Waals surface area contributed by atoms with E-state index in [-0.39, 0.29) is 30.0 Å². The van der Waals surface area contributed by atoms with Crippen LogP contribution in [-0.2, 0) is 14.8 Å². The Morgan fingerprint density at radius 1 is 1.27 bits per heavy atom. The van der Waals surface area contributed by atoms with E-state index in [1.165, 1.54) is 12.3 Å². The van der Waals surface area contributed by atoms with Crippen molar-refractivity contribution in [3.05, 3.63) is 35.6 Å². The number of nitrogens with one attached hydrogen (secondary N) is 2. The average molecular weight is 385 g/mol. The van der Waals surface area contributed by atoms with Crippen molar-refractivity contribution in [1.29, 1.82) is 0 Å². The van der Waals surface area contributed by atoms with Crippen LogP contribution in [0.4, 0.5) is 4.39 Å². The second-order valence-corrected chi connectivity index (χ2v) is 9.55. The maximum atomic E-state index is 13.4. The van der Waals surface area contributed by atoms with E-state index >= 15 is 0 Å². The van der Waals surface area contributed by atoms with Gasteiger partial charge in [0.25, 0.3) is 0 Å². The van der Waals surface area contributed by atoms with Crippen LogP contribution in [0.3, 0.4) is 0 Å². The van der Waals surface area contributed by atoms with Crippen LogP contribution in [0, 0.1) is 5.82 Å². The Bertz CT molecular complexity index is 704. The molecular formula is C19H29FN2O3S. The Morgan fingerprint density at radius 2 is 2.00 bits per heavy atom. The van der Waals surface area contributed by atoms with Gasteiger partial charge in [-0.25, -0.2) is 17.5 Å². The first-order chi connectivity index (χ1) is 12.3. The molecule has 0 radical (unpaired) electrons. The number of rotatable bonds is 6. The molecule has 1 aromatic rings. The molecule has 1 heterocycles. The standard InChI is InChI=1S/C19H29FN2O3S/c1-13-10-18(22-26(2,23)24)19(21-13)12-25-17-8-6-14(7-9-17)15-4-3-5-16(20)11-15/h3-5,11,13-14,17-19,21-22H,6-10,12H2,1-2H3/t13-,14-,17+,18+,19+/m1/s1. The van der Waals surface area contributed by atoms with Crippen LogP contribution in [-0.4, -0.2) is 45.5 Å². The molecule has 2 N–H and O–H groups in total. The summed E-state index contributed by atoms with van der Waals surface area (Å²) in [5.41, 5.74) is 1.08. The fraction of sp³-hybridized carbons (Fsp3) is 0.684. The van der Waals surface area contributed by atoms with Crippen LogP contribution in [0.5, 0.6) is 0 Å². The molecule has 2 fully saturated rings. The van der Waals surface area contributed by atoms with Crippen LogP contribution in [0.2, 0.25) is 0 Å². The first-order valence-electron chi connectivity index (χ1n) is 9.40. The van der Waals surface area contributed by atoms with Crippen LogP contribution < -0.4 is 10.0 Å². The minimum atomic E-state index is -3.22. The molecule has 5 nitrogen and oxygen atoms in total. The summed E-state index contributed by atoms with van der Waals surface area (Å²) < 4.78 is 45.3. The van der Waals surface area contributed by atoms with Gasteiger partial charge in [-0.2, -0.15) is 0 Å². The van der Waals surface area contributed by atoms with E-state index in [2.05, 4.69) is 17.0 Å². The smallest absolute Gasteiger partial charge is 0.209 e. The molecule has 0 aromatic heterocycles. The molecule has 1 saturated heterocycles. The van der Waals surface area contributed by atoms with E-state index < -0.39 is 10.0 Å². The maximum absolute atomic E-state index is 13.4. The highest BCUT2D eigenvalue weighted by molar-refractivity contribution is 7.88. The quantitative estimate of drug-likeness (QED) is 0.791. The molecule has 0 spiro atoms. The molecular weight excluding hydrogens is 355 g/mol. The summed E-state index contributed by atoms with van der Waals surface area (Å²) in [6.45, 7) is 2.56. The van der Waals surface area contributed by atoms with E-state index in [1.807, 2.05) is 6.07 Å². The van der Waals surface area contributed by atoms with E-state index in [0.717, 1.165) is 37.7 Å². The lowest BCUT2D eigenvalue weighted by atomic mass is 9.83. The largest absolute Gasteiger partial charge is 0.377 e. The van der Waals surface area contributed by atoms with Gasteiger partial charge in [-0.15, -0.1) is 0 Å². The van der Waals surface area contributed by atoms with E-state index in [1.54, 1.807) is 12.1 Å². The molecule has 3 atom stereocenters. The van der Waals surface area contributed by atoms with Crippen molar-refractivity contribution in [2.75, 3.05) is 12.9 Å². The van der Waals surface area contributed by atoms with Gasteiger partial charge in [-0.3, -0.25) is 0 Å². The predicted octanol–water partition coefficient (Wildman–Crippen LogP) is 2.54. The highest BCUT2D eigenvalue weighted by Crippen LogP contribution is 2.34. The number of sulfonamides is 1. The van der Waals surface area contributed by atoms with Gasteiger partial charge >= 0.3 is 0 Å². The number of hydrogen-bond acceptors (Lipinski definition) is 4. The summed E-state index contributed by atoms with van der Waals surface area (Å²) >= 11 is 0. The predicted molar refractivity (Wildman–Crippen MR) is 100 cm³/mol. The molecule has 3 rings (SSSR count). The van der Waals surface area contributed by atoms with Gasteiger partial charge in [-0.05, 0) is 62.6 Å². The Hall–Kier alpha value is -1.02. The second-order valence-electron chi connectivity index (χ2n) is 7.77. The number of benzene rings is 1. The molecule has 7 heteroatoms. The lowest BCUT2D eigenvalue weighted by Gasteiger charge is -2.30. The fourth-order valence-electron chi connectivity index (χ4n) is 4.23. The Morgan fingerprint density at radius 3 is 2.65 bits per heavy atom. The summed E-state index contributed by atoms with van der Waals surface area (Å²) in [7, 11) is -3.22. The zero-order valence-corrected chi connectivity index (χ0v) is 16.3. The minimum absolute atomic E-state index is 0.000618. The zero-order chi connectivity index (χ0) is 18.7. The summed E-state index contributed by atoms with van der Waals surface area (Å²) in [4.78, 5) is 0.